The van der Waals surface area contributed by atoms with E-state index in [1.165, 1.54) is 56.0 Å². The molecule has 0 aliphatic carbocycles. The van der Waals surface area contributed by atoms with E-state index in [2.05, 4.69) is 66.0 Å². The summed E-state index contributed by atoms with van der Waals surface area (Å²) in [6.45, 7) is 3.88. The molecule has 19 nitrogen and oxygen atoms in total. The van der Waals surface area contributed by atoms with E-state index in [0.29, 0.717) is 51.6 Å². The molecule has 7 aromatic heterocycles. The highest BCUT2D eigenvalue weighted by Gasteiger charge is 2.13. The van der Waals surface area contributed by atoms with Crippen molar-refractivity contribution in [3.8, 4) is 23.1 Å². The van der Waals surface area contributed by atoms with Gasteiger partial charge in [-0.2, -0.15) is 10.1 Å². The molecule has 348 valence electrons. The number of rotatable bonds is 12. The fraction of sp³-hybridized carbons (Fsp3) is 0.0600. The number of carbonyl (C=O) groups excluding carboxylic acids is 3. The van der Waals surface area contributed by atoms with Crippen molar-refractivity contribution in [2.24, 2.45) is 0 Å². The van der Waals surface area contributed by atoms with Gasteiger partial charge in [-0.1, -0.05) is 41.5 Å². The van der Waals surface area contributed by atoms with Crippen LogP contribution < -0.4 is 30.3 Å². The van der Waals surface area contributed by atoms with Crippen LogP contribution in [0.15, 0.2) is 178 Å². The quantitative estimate of drug-likeness (QED) is 0.104. The maximum atomic E-state index is 13.1. The number of halogens is 1. The van der Waals surface area contributed by atoms with Crippen molar-refractivity contribution < 1.29 is 28.2 Å². The number of aromatic nitrogens is 10. The lowest BCUT2D eigenvalue weighted by molar-refractivity contribution is 0.101. The molecule has 9 aromatic rings. The van der Waals surface area contributed by atoms with Gasteiger partial charge in [-0.25, -0.2) is 24.3 Å². The Morgan fingerprint density at radius 2 is 1.19 bits per heavy atom. The summed E-state index contributed by atoms with van der Waals surface area (Å²) in [6.07, 6.45) is 18.1. The van der Waals surface area contributed by atoms with E-state index >= 15 is 0 Å². The summed E-state index contributed by atoms with van der Waals surface area (Å²) >= 11 is 0. The number of pyridine rings is 4. The van der Waals surface area contributed by atoms with E-state index in [-0.39, 0.29) is 17.5 Å². The predicted molar refractivity (Wildman–Crippen MR) is 257 cm³/mol. The minimum atomic E-state index is -0.550. The molecule has 3 N–H and O–H groups in total. The zero-order valence-electron chi connectivity index (χ0n) is 37.6. The average Bonchev–Trinajstić information content (AvgIpc) is 3.38. The molecule has 0 fully saturated rings. The Balaban J connectivity index is 0.000000155. The van der Waals surface area contributed by atoms with Crippen LogP contribution in [0.4, 0.5) is 33.1 Å². The summed E-state index contributed by atoms with van der Waals surface area (Å²) in [4.78, 5) is 70.0. The molecule has 9 rings (SSSR count). The molecular formula is C50H41FN14O5. The number of anilines is 5. The van der Waals surface area contributed by atoms with Gasteiger partial charge in [0.1, 0.15) is 35.7 Å². The second-order valence-electron chi connectivity index (χ2n) is 14.7. The van der Waals surface area contributed by atoms with E-state index in [9.17, 15) is 18.8 Å². The van der Waals surface area contributed by atoms with Crippen LogP contribution in [0.2, 0.25) is 0 Å². The summed E-state index contributed by atoms with van der Waals surface area (Å²) in [6, 6.07) is 29.2. The monoisotopic (exact) mass is 936 g/mol. The number of nitrogens with zero attached hydrogens (tertiary/aromatic N) is 11. The highest BCUT2D eigenvalue weighted by Crippen LogP contribution is 2.25. The van der Waals surface area contributed by atoms with Crippen molar-refractivity contribution in [1.29, 1.82) is 0 Å². The van der Waals surface area contributed by atoms with Gasteiger partial charge in [-0.3, -0.25) is 29.3 Å². The minimum Gasteiger partial charge on any atom is -0.452 e. The van der Waals surface area contributed by atoms with Crippen LogP contribution in [0, 0.1) is 19.7 Å². The van der Waals surface area contributed by atoms with Gasteiger partial charge < -0.3 is 30.3 Å². The van der Waals surface area contributed by atoms with E-state index in [0.717, 1.165) is 34.6 Å². The lowest BCUT2D eigenvalue weighted by Crippen LogP contribution is -2.15. The molecule has 0 saturated carbocycles. The Morgan fingerprint density at radius 3 is 1.83 bits per heavy atom. The van der Waals surface area contributed by atoms with Crippen molar-refractivity contribution in [2.45, 2.75) is 13.8 Å². The van der Waals surface area contributed by atoms with Crippen molar-refractivity contribution in [2.75, 3.05) is 27.9 Å². The Kier molecular flexibility index (Phi) is 16.4. The van der Waals surface area contributed by atoms with Crippen molar-refractivity contribution >= 4 is 46.4 Å². The second kappa shape index (κ2) is 24.0. The maximum absolute atomic E-state index is 13.1. The molecule has 3 amide bonds. The van der Waals surface area contributed by atoms with Crippen molar-refractivity contribution in [1.82, 2.24) is 50.1 Å². The van der Waals surface area contributed by atoms with Crippen LogP contribution in [-0.4, -0.2) is 74.8 Å². The number of carbonyl (C=O) groups is 3. The van der Waals surface area contributed by atoms with Gasteiger partial charge in [0, 0.05) is 54.8 Å². The molecule has 0 bridgehead atoms. The Bertz CT molecular complexity index is 3040. The van der Waals surface area contributed by atoms with Gasteiger partial charge in [0.05, 0.1) is 66.6 Å². The summed E-state index contributed by atoms with van der Waals surface area (Å²) in [5, 5.41) is 16.0. The first-order valence-electron chi connectivity index (χ1n) is 21.0. The van der Waals surface area contributed by atoms with Gasteiger partial charge in [0.15, 0.2) is 17.3 Å². The SMILES string of the molecule is Cc1cccc(C(=O)Nc2cc(N(C)c3cccnc3)cnn2)c1.Cc1cccc(C(=O)Nc2cccc(Oc3cncnc3)n2)c1.O=C(Nc1cncc(Oc2cncnc2)c1)c1cc(F)ccn1. The van der Waals surface area contributed by atoms with Gasteiger partial charge in [0.25, 0.3) is 17.7 Å². The molecule has 0 radical (unpaired) electrons. The number of amides is 3. The van der Waals surface area contributed by atoms with Gasteiger partial charge in [-0.15, -0.1) is 5.10 Å². The Hall–Kier alpha value is -9.98. The maximum Gasteiger partial charge on any atom is 0.274 e. The Morgan fingerprint density at radius 1 is 0.543 bits per heavy atom. The molecule has 70 heavy (non-hydrogen) atoms. The molecule has 0 saturated heterocycles. The minimum absolute atomic E-state index is 0.0345. The number of benzene rings is 2. The predicted octanol–water partition coefficient (Wildman–Crippen LogP) is 8.88. The normalized spacial score (nSPS) is 10.2. The fourth-order valence-corrected chi connectivity index (χ4v) is 5.99. The number of nitrogens with one attached hydrogen (secondary N) is 3. The third kappa shape index (κ3) is 14.5. The van der Waals surface area contributed by atoms with Crippen LogP contribution in [0.1, 0.15) is 42.3 Å². The molecule has 0 atom stereocenters. The number of hydrogen-bond donors (Lipinski definition) is 3. The van der Waals surface area contributed by atoms with Crippen LogP contribution in [0.25, 0.3) is 0 Å². The first-order chi connectivity index (χ1) is 34.0. The molecule has 0 aliphatic rings. The molecular weight excluding hydrogens is 896 g/mol. The van der Waals surface area contributed by atoms with Crippen LogP contribution >= 0.6 is 0 Å². The number of ether oxygens (including phenoxy) is 2. The lowest BCUT2D eigenvalue weighted by atomic mass is 10.1. The van der Waals surface area contributed by atoms with Gasteiger partial charge in [0.2, 0.25) is 5.88 Å². The smallest absolute Gasteiger partial charge is 0.274 e. The van der Waals surface area contributed by atoms with Gasteiger partial charge in [-0.05, 0) is 62.4 Å². The van der Waals surface area contributed by atoms with Gasteiger partial charge >= 0.3 is 0 Å². The first kappa shape index (κ1) is 48.0. The molecule has 2 aromatic carbocycles. The Labute approximate surface area is 400 Å². The topological polar surface area (TPSA) is 238 Å². The average molecular weight is 937 g/mol. The van der Waals surface area contributed by atoms with Crippen LogP contribution in [0.3, 0.4) is 0 Å². The van der Waals surface area contributed by atoms with E-state index in [4.69, 9.17) is 9.47 Å². The van der Waals surface area contributed by atoms with Crippen molar-refractivity contribution in [3.63, 3.8) is 0 Å². The van der Waals surface area contributed by atoms with Crippen LogP contribution in [0.5, 0.6) is 23.1 Å². The first-order valence-corrected chi connectivity index (χ1v) is 21.0. The third-order valence-electron chi connectivity index (χ3n) is 9.29. The standard InChI is InChI=1S/C18H17N5O.C17H14N4O2.C15H10FN5O2/c1-13-5-3-6-14(9-13)18(24)21-17-10-16(12-20-22-17)23(2)15-7-4-8-19-11-15;1-12-4-2-5-13(8-12)17(22)21-15-6-3-7-16(20-15)23-14-9-18-11-19-10-14;16-10-1-2-20-14(3-10)15(22)21-11-4-12(6-17-5-11)23-13-7-18-9-19-8-13/h3-12H,1-2H3,(H,21,22,24);2-11H,1H3,(H,20,21,22);1-9H,(H,21,22). The fourth-order valence-electron chi connectivity index (χ4n) is 5.99. The lowest BCUT2D eigenvalue weighted by Gasteiger charge is -2.18. The molecule has 0 spiro atoms. The van der Waals surface area contributed by atoms with E-state index in [1.54, 1.807) is 61.1 Å². The summed E-state index contributed by atoms with van der Waals surface area (Å²) in [7, 11) is 1.90. The van der Waals surface area contributed by atoms with E-state index < -0.39 is 11.7 Å². The summed E-state index contributed by atoms with van der Waals surface area (Å²) in [5.41, 5.74) is 5.28. The molecule has 0 unspecified atom stereocenters. The van der Waals surface area contributed by atoms with Crippen LogP contribution in [-0.2, 0) is 0 Å². The largest absolute Gasteiger partial charge is 0.452 e. The number of aryl methyl sites for hydroxylation is 2. The second-order valence-corrected chi connectivity index (χ2v) is 14.7. The zero-order chi connectivity index (χ0) is 49.1. The highest BCUT2D eigenvalue weighted by atomic mass is 19.1. The highest BCUT2D eigenvalue weighted by molar-refractivity contribution is 6.05. The van der Waals surface area contributed by atoms with E-state index in [1.807, 2.05) is 74.3 Å². The zero-order valence-corrected chi connectivity index (χ0v) is 37.6. The summed E-state index contributed by atoms with van der Waals surface area (Å²) in [5.74, 6) is 0.936. The third-order valence-corrected chi connectivity index (χ3v) is 9.29. The molecule has 0 aliphatic heterocycles. The summed E-state index contributed by atoms with van der Waals surface area (Å²) < 4.78 is 24.2. The number of hydrogen-bond acceptors (Lipinski definition) is 16. The molecule has 20 heteroatoms. The van der Waals surface area contributed by atoms with Crippen molar-refractivity contribution in [3.05, 3.63) is 212 Å². The molecule has 7 heterocycles.